The normalized spacial score (nSPS) is 19.0. The molecule has 0 amide bonds. The molecule has 0 N–H and O–H groups in total. The molecule has 0 fully saturated rings. The van der Waals surface area contributed by atoms with E-state index in [-0.39, 0.29) is 11.8 Å². The van der Waals surface area contributed by atoms with Crippen molar-refractivity contribution in [3.05, 3.63) is 29.8 Å². The summed E-state index contributed by atoms with van der Waals surface area (Å²) in [5.41, 5.74) is 0.969. The van der Waals surface area contributed by atoms with Crippen LogP contribution in [0.2, 0.25) is 0 Å². The zero-order valence-corrected chi connectivity index (χ0v) is 12.3. The van der Waals surface area contributed by atoms with Crippen LogP contribution in [-0.2, 0) is 10.0 Å². The lowest BCUT2D eigenvalue weighted by Crippen LogP contribution is -2.35. The number of hydrogen-bond acceptors (Lipinski definition) is 3. The molecule has 1 heterocycles. The molecule has 106 valence electrons. The van der Waals surface area contributed by atoms with E-state index in [2.05, 4.69) is 0 Å². The molecular weight excluding hydrogens is 262 g/mol. The fourth-order valence-electron chi connectivity index (χ4n) is 2.37. The van der Waals surface area contributed by atoms with Crippen molar-refractivity contribution in [2.75, 3.05) is 19.4 Å². The minimum absolute atomic E-state index is 0.105. The molecule has 4 nitrogen and oxygen atoms in total. The minimum atomic E-state index is -3.19. The number of unbranched alkanes of at least 4 members (excludes halogenated alkanes) is 1. The number of benzene rings is 1. The Bertz CT molecular complexity index is 527. The molecule has 0 aromatic heterocycles. The van der Waals surface area contributed by atoms with Crippen molar-refractivity contribution >= 4 is 10.0 Å². The standard InChI is InChI=1S/C14H21NO3S/c1-3-4-11-19(16,17)15(2)13-9-10-18-14-8-6-5-7-12(13)14/h5-8,13H,3-4,9-11H2,1-2H3. The van der Waals surface area contributed by atoms with E-state index < -0.39 is 10.0 Å². The highest BCUT2D eigenvalue weighted by atomic mass is 32.2. The summed E-state index contributed by atoms with van der Waals surface area (Å²) in [6.45, 7) is 2.56. The monoisotopic (exact) mass is 283 g/mol. The van der Waals surface area contributed by atoms with Crippen molar-refractivity contribution < 1.29 is 13.2 Å². The van der Waals surface area contributed by atoms with Crippen LogP contribution >= 0.6 is 0 Å². The molecule has 1 aromatic carbocycles. The lowest BCUT2D eigenvalue weighted by atomic mass is 10.0. The molecular formula is C14H21NO3S. The van der Waals surface area contributed by atoms with Gasteiger partial charge in [0, 0.05) is 19.0 Å². The van der Waals surface area contributed by atoms with Crippen LogP contribution < -0.4 is 4.74 Å². The molecule has 1 unspecified atom stereocenters. The van der Waals surface area contributed by atoms with Crippen LogP contribution in [0.3, 0.4) is 0 Å². The average Bonchev–Trinajstić information content (AvgIpc) is 2.43. The Hall–Kier alpha value is -1.07. The molecule has 19 heavy (non-hydrogen) atoms. The van der Waals surface area contributed by atoms with E-state index in [4.69, 9.17) is 4.74 Å². The summed E-state index contributed by atoms with van der Waals surface area (Å²) in [4.78, 5) is 0. The largest absolute Gasteiger partial charge is 0.493 e. The summed E-state index contributed by atoms with van der Waals surface area (Å²) in [5, 5.41) is 0. The zero-order chi connectivity index (χ0) is 13.9. The topological polar surface area (TPSA) is 46.6 Å². The first-order valence-electron chi connectivity index (χ1n) is 6.73. The van der Waals surface area contributed by atoms with Gasteiger partial charge < -0.3 is 4.74 Å². The maximum atomic E-state index is 12.3. The van der Waals surface area contributed by atoms with Crippen LogP contribution in [-0.4, -0.2) is 32.1 Å². The van der Waals surface area contributed by atoms with Gasteiger partial charge in [0.15, 0.2) is 0 Å². The predicted octanol–water partition coefficient (Wildman–Crippen LogP) is 2.57. The van der Waals surface area contributed by atoms with Crippen LogP contribution in [0.5, 0.6) is 5.75 Å². The van der Waals surface area contributed by atoms with Gasteiger partial charge in [0.25, 0.3) is 0 Å². The van der Waals surface area contributed by atoms with Crippen molar-refractivity contribution in [1.29, 1.82) is 0 Å². The van der Waals surface area contributed by atoms with Crippen LogP contribution in [0.15, 0.2) is 24.3 Å². The zero-order valence-electron chi connectivity index (χ0n) is 11.5. The number of rotatable bonds is 5. The number of fused-ring (bicyclic) bond motifs is 1. The van der Waals surface area contributed by atoms with Crippen molar-refractivity contribution in [3.8, 4) is 5.75 Å². The highest BCUT2D eigenvalue weighted by molar-refractivity contribution is 7.89. The fourth-order valence-corrected chi connectivity index (χ4v) is 3.91. The van der Waals surface area contributed by atoms with Crippen LogP contribution in [0, 0.1) is 0 Å². The molecule has 0 spiro atoms. The molecule has 1 aliphatic rings. The summed E-state index contributed by atoms with van der Waals surface area (Å²) in [6.07, 6.45) is 2.30. The van der Waals surface area contributed by atoms with E-state index in [1.807, 2.05) is 31.2 Å². The Morgan fingerprint density at radius 1 is 1.37 bits per heavy atom. The van der Waals surface area contributed by atoms with Crippen LogP contribution in [0.1, 0.15) is 37.8 Å². The Morgan fingerprint density at radius 3 is 2.84 bits per heavy atom. The van der Waals surface area contributed by atoms with Gasteiger partial charge in [-0.3, -0.25) is 0 Å². The second-order valence-electron chi connectivity index (χ2n) is 4.88. The average molecular weight is 283 g/mol. The third-order valence-corrected chi connectivity index (χ3v) is 5.50. The number of sulfonamides is 1. The van der Waals surface area contributed by atoms with Crippen LogP contribution in [0.25, 0.3) is 0 Å². The second kappa shape index (κ2) is 5.92. The first-order valence-corrected chi connectivity index (χ1v) is 8.34. The van der Waals surface area contributed by atoms with Crippen molar-refractivity contribution in [2.45, 2.75) is 32.2 Å². The molecule has 0 saturated carbocycles. The number of ether oxygens (including phenoxy) is 1. The summed E-state index contributed by atoms with van der Waals surface area (Å²) >= 11 is 0. The molecule has 1 aliphatic heterocycles. The molecule has 0 aliphatic carbocycles. The predicted molar refractivity (Wildman–Crippen MR) is 75.8 cm³/mol. The van der Waals surface area contributed by atoms with Crippen molar-refractivity contribution in [1.82, 2.24) is 4.31 Å². The fraction of sp³-hybridized carbons (Fsp3) is 0.571. The first-order chi connectivity index (χ1) is 9.06. The van der Waals surface area contributed by atoms with E-state index in [9.17, 15) is 8.42 Å². The van der Waals surface area contributed by atoms with Gasteiger partial charge in [0.2, 0.25) is 10.0 Å². The Kier molecular flexibility index (Phi) is 4.47. The summed E-state index contributed by atoms with van der Waals surface area (Å²) in [5.74, 6) is 1.02. The van der Waals surface area contributed by atoms with Gasteiger partial charge in [-0.15, -0.1) is 0 Å². The van der Waals surface area contributed by atoms with E-state index in [0.29, 0.717) is 19.4 Å². The lowest BCUT2D eigenvalue weighted by Gasteiger charge is -2.32. The maximum Gasteiger partial charge on any atom is 0.214 e. The molecule has 0 bridgehead atoms. The third-order valence-electron chi connectivity index (χ3n) is 3.56. The van der Waals surface area contributed by atoms with Gasteiger partial charge in [-0.25, -0.2) is 8.42 Å². The Balaban J connectivity index is 2.23. The molecule has 0 saturated heterocycles. The van der Waals surface area contributed by atoms with Gasteiger partial charge in [0.05, 0.1) is 18.4 Å². The SMILES string of the molecule is CCCCS(=O)(=O)N(C)C1CCOc2ccccc21. The summed E-state index contributed by atoms with van der Waals surface area (Å²) in [6, 6.07) is 7.57. The second-order valence-corrected chi connectivity index (χ2v) is 7.02. The first kappa shape index (κ1) is 14.3. The van der Waals surface area contributed by atoms with Crippen LogP contribution in [0.4, 0.5) is 0 Å². The number of hydrogen-bond donors (Lipinski definition) is 0. The van der Waals surface area contributed by atoms with Crippen molar-refractivity contribution in [2.24, 2.45) is 0 Å². The number of para-hydroxylation sites is 1. The van der Waals surface area contributed by atoms with Gasteiger partial charge in [-0.2, -0.15) is 4.31 Å². The Morgan fingerprint density at radius 2 is 2.11 bits per heavy atom. The summed E-state index contributed by atoms with van der Waals surface area (Å²) in [7, 11) is -1.51. The minimum Gasteiger partial charge on any atom is -0.493 e. The van der Waals surface area contributed by atoms with Gasteiger partial charge in [-0.1, -0.05) is 31.5 Å². The van der Waals surface area contributed by atoms with E-state index in [1.54, 1.807) is 7.05 Å². The summed E-state index contributed by atoms with van der Waals surface area (Å²) < 4.78 is 31.7. The highest BCUT2D eigenvalue weighted by Crippen LogP contribution is 2.36. The lowest BCUT2D eigenvalue weighted by molar-refractivity contribution is 0.221. The smallest absolute Gasteiger partial charge is 0.214 e. The molecule has 2 rings (SSSR count). The maximum absolute atomic E-state index is 12.3. The van der Waals surface area contributed by atoms with Gasteiger partial charge in [-0.05, 0) is 12.5 Å². The molecule has 0 radical (unpaired) electrons. The third kappa shape index (κ3) is 3.09. The Labute approximate surface area is 115 Å². The highest BCUT2D eigenvalue weighted by Gasteiger charge is 2.31. The van der Waals surface area contributed by atoms with Gasteiger partial charge >= 0.3 is 0 Å². The van der Waals surface area contributed by atoms with E-state index in [1.165, 1.54) is 4.31 Å². The molecule has 5 heteroatoms. The molecule has 1 aromatic rings. The van der Waals surface area contributed by atoms with E-state index in [0.717, 1.165) is 17.7 Å². The van der Waals surface area contributed by atoms with Crippen molar-refractivity contribution in [3.63, 3.8) is 0 Å². The number of nitrogens with zero attached hydrogens (tertiary/aromatic N) is 1. The molecule has 1 atom stereocenters. The van der Waals surface area contributed by atoms with E-state index >= 15 is 0 Å². The quantitative estimate of drug-likeness (QED) is 0.834. The van der Waals surface area contributed by atoms with Gasteiger partial charge in [0.1, 0.15) is 5.75 Å².